The lowest BCUT2D eigenvalue weighted by atomic mass is 9.62. The molecular weight excluding hydrogens is 528 g/mol. The predicted octanol–water partition coefficient (Wildman–Crippen LogP) is 6.14. The van der Waals surface area contributed by atoms with Crippen LogP contribution in [0.5, 0.6) is 0 Å². The summed E-state index contributed by atoms with van der Waals surface area (Å²) in [6.07, 6.45) is 1.47. The number of fused-ring (bicyclic) bond motifs is 2. The largest absolute Gasteiger partial charge is 0.355 e. The third kappa shape index (κ3) is 5.33. The quantitative estimate of drug-likeness (QED) is 0.280. The number of carbonyl (C=O) groups excluding carboxylic acids is 2. The Hall–Kier alpha value is -1.93. The Bertz CT molecular complexity index is 1200. The Morgan fingerprint density at radius 1 is 1.19 bits per heavy atom. The molecule has 4 atom stereocenters. The number of amides is 2. The highest BCUT2D eigenvalue weighted by atomic mass is 35.5. The SMILES string of the molecule is C[Si](C)CCCNC(=O)[C@@H]1N[C@@H](CC(C)(C)C)[C@@]2(C(=O)Nc3cc(Cl)ccc32)[C@H]1c1cccc(Cl)c1F. The Morgan fingerprint density at radius 3 is 2.59 bits per heavy atom. The minimum absolute atomic E-state index is 0.0404. The second kappa shape index (κ2) is 10.7. The van der Waals surface area contributed by atoms with Crippen LogP contribution >= 0.6 is 23.2 Å². The first kappa shape index (κ1) is 28.1. The summed E-state index contributed by atoms with van der Waals surface area (Å²) in [4.78, 5) is 27.8. The van der Waals surface area contributed by atoms with Crippen molar-refractivity contribution < 1.29 is 14.0 Å². The van der Waals surface area contributed by atoms with Gasteiger partial charge < -0.3 is 16.0 Å². The zero-order valence-electron chi connectivity index (χ0n) is 22.0. The molecule has 2 heterocycles. The summed E-state index contributed by atoms with van der Waals surface area (Å²) in [5.41, 5.74) is 0.148. The molecule has 0 saturated carbocycles. The van der Waals surface area contributed by atoms with Gasteiger partial charge in [0.2, 0.25) is 11.8 Å². The standard InChI is InChI=1S/C28H35Cl2FN3O2Si/c1-27(2,3)15-21-28(18-11-10-16(29)14-20(18)33-26(28)36)22(17-8-6-9-19(30)23(17)31)24(34-21)25(35)32-12-7-13-37(4)5/h6,8-11,14,21-22,24,34H,7,12-13,15H2,1-5H3,(H,32,35)(H,33,36)/t21-,22-,24+,28+/m0/s1. The lowest BCUT2D eigenvalue weighted by Gasteiger charge is -2.37. The van der Waals surface area contributed by atoms with Crippen LogP contribution in [0.25, 0.3) is 0 Å². The molecule has 4 rings (SSSR count). The van der Waals surface area contributed by atoms with Crippen LogP contribution < -0.4 is 16.0 Å². The van der Waals surface area contributed by atoms with Crippen molar-refractivity contribution in [1.29, 1.82) is 0 Å². The van der Waals surface area contributed by atoms with Gasteiger partial charge in [-0.2, -0.15) is 0 Å². The molecule has 2 aliphatic rings. The van der Waals surface area contributed by atoms with Gasteiger partial charge in [-0.05, 0) is 47.6 Å². The lowest BCUT2D eigenvalue weighted by Crippen LogP contribution is -2.49. The van der Waals surface area contributed by atoms with Gasteiger partial charge in [0.25, 0.3) is 0 Å². The monoisotopic (exact) mass is 562 g/mol. The average molecular weight is 564 g/mol. The van der Waals surface area contributed by atoms with E-state index in [4.69, 9.17) is 23.2 Å². The second-order valence-corrected chi connectivity index (χ2v) is 15.5. The van der Waals surface area contributed by atoms with Crippen LogP contribution in [0.3, 0.4) is 0 Å². The van der Waals surface area contributed by atoms with Crippen molar-refractivity contribution in [3.63, 3.8) is 0 Å². The summed E-state index contributed by atoms with van der Waals surface area (Å²) < 4.78 is 15.7. The number of nitrogens with one attached hydrogen (secondary N) is 3. The van der Waals surface area contributed by atoms with Gasteiger partial charge in [-0.3, -0.25) is 9.59 Å². The first-order chi connectivity index (χ1) is 17.4. The molecule has 1 fully saturated rings. The van der Waals surface area contributed by atoms with Gasteiger partial charge in [0.1, 0.15) is 11.2 Å². The van der Waals surface area contributed by atoms with Crippen LogP contribution in [0.4, 0.5) is 10.1 Å². The maximum atomic E-state index is 15.7. The summed E-state index contributed by atoms with van der Waals surface area (Å²) in [5.74, 6) is -1.94. The summed E-state index contributed by atoms with van der Waals surface area (Å²) >= 11 is 12.5. The van der Waals surface area contributed by atoms with E-state index in [0.717, 1.165) is 12.5 Å². The summed E-state index contributed by atoms with van der Waals surface area (Å²) in [7, 11) is -0.400. The van der Waals surface area contributed by atoms with E-state index in [1.54, 1.807) is 24.3 Å². The van der Waals surface area contributed by atoms with Gasteiger partial charge in [-0.25, -0.2) is 4.39 Å². The van der Waals surface area contributed by atoms with E-state index in [-0.39, 0.29) is 27.8 Å². The molecule has 1 radical (unpaired) electrons. The van der Waals surface area contributed by atoms with Gasteiger partial charge in [0.15, 0.2) is 0 Å². The topological polar surface area (TPSA) is 70.2 Å². The van der Waals surface area contributed by atoms with Gasteiger partial charge in [0, 0.05) is 38.0 Å². The maximum Gasteiger partial charge on any atom is 0.237 e. The number of hydrogen-bond donors (Lipinski definition) is 3. The van der Waals surface area contributed by atoms with Crippen molar-refractivity contribution in [2.75, 3.05) is 11.9 Å². The highest BCUT2D eigenvalue weighted by Gasteiger charge is 2.66. The van der Waals surface area contributed by atoms with Crippen LogP contribution in [0.2, 0.25) is 29.2 Å². The molecule has 0 aliphatic carbocycles. The van der Waals surface area contributed by atoms with E-state index in [9.17, 15) is 9.59 Å². The molecule has 1 saturated heterocycles. The van der Waals surface area contributed by atoms with Crippen molar-refractivity contribution in [1.82, 2.24) is 10.6 Å². The molecule has 37 heavy (non-hydrogen) atoms. The van der Waals surface area contributed by atoms with E-state index < -0.39 is 38.0 Å². The van der Waals surface area contributed by atoms with Crippen molar-refractivity contribution in [3.8, 4) is 0 Å². The Balaban J connectivity index is 1.88. The third-order valence-electron chi connectivity index (χ3n) is 7.37. The normalized spacial score (nSPS) is 25.0. The van der Waals surface area contributed by atoms with Crippen LogP contribution in [0.1, 0.15) is 50.7 Å². The molecule has 2 amide bonds. The number of halogens is 3. The summed E-state index contributed by atoms with van der Waals surface area (Å²) in [6.45, 7) is 11.3. The van der Waals surface area contributed by atoms with Gasteiger partial charge >= 0.3 is 0 Å². The fourth-order valence-electron chi connectivity index (χ4n) is 5.92. The molecule has 0 bridgehead atoms. The van der Waals surface area contributed by atoms with E-state index >= 15 is 4.39 Å². The maximum absolute atomic E-state index is 15.7. The molecule has 5 nitrogen and oxygen atoms in total. The first-order valence-corrected chi connectivity index (χ1v) is 16.2. The van der Waals surface area contributed by atoms with E-state index in [0.29, 0.717) is 29.2 Å². The molecule has 3 N–H and O–H groups in total. The van der Waals surface area contributed by atoms with Gasteiger partial charge in [-0.15, -0.1) is 0 Å². The van der Waals surface area contributed by atoms with E-state index in [2.05, 4.69) is 49.8 Å². The number of benzene rings is 2. The lowest BCUT2D eigenvalue weighted by molar-refractivity contribution is -0.123. The fourth-order valence-corrected chi connectivity index (χ4v) is 7.15. The van der Waals surface area contributed by atoms with Crippen LogP contribution in [0.15, 0.2) is 36.4 Å². The van der Waals surface area contributed by atoms with Crippen molar-refractivity contribution in [2.24, 2.45) is 5.41 Å². The first-order valence-electron chi connectivity index (χ1n) is 12.7. The Morgan fingerprint density at radius 2 is 1.92 bits per heavy atom. The summed E-state index contributed by atoms with van der Waals surface area (Å²) in [6, 6.07) is 9.89. The zero-order chi connectivity index (χ0) is 27.1. The van der Waals surface area contributed by atoms with E-state index in [1.165, 1.54) is 6.07 Å². The minimum Gasteiger partial charge on any atom is -0.355 e. The highest BCUT2D eigenvalue weighted by Crippen LogP contribution is 2.57. The molecule has 2 aromatic carbocycles. The molecule has 0 unspecified atom stereocenters. The molecule has 2 aliphatic heterocycles. The third-order valence-corrected chi connectivity index (χ3v) is 9.25. The van der Waals surface area contributed by atoms with Gasteiger partial charge in [-0.1, -0.05) is 81.3 Å². The molecule has 199 valence electrons. The number of anilines is 1. The number of carbonyl (C=O) groups is 2. The van der Waals surface area contributed by atoms with Crippen molar-refractivity contribution in [3.05, 3.63) is 63.4 Å². The van der Waals surface area contributed by atoms with Crippen molar-refractivity contribution >= 4 is 49.5 Å². The predicted molar refractivity (Wildman–Crippen MR) is 151 cm³/mol. The smallest absolute Gasteiger partial charge is 0.237 e. The zero-order valence-corrected chi connectivity index (χ0v) is 24.5. The number of hydrogen-bond acceptors (Lipinski definition) is 3. The Kier molecular flexibility index (Phi) is 8.10. The molecular formula is C28H35Cl2FN3O2Si. The Labute approximate surface area is 230 Å². The second-order valence-electron chi connectivity index (χ2n) is 11.7. The molecule has 9 heteroatoms. The van der Waals surface area contributed by atoms with E-state index in [1.807, 2.05) is 6.07 Å². The fraction of sp³-hybridized carbons (Fsp3) is 0.500. The molecule has 1 spiro atoms. The molecule has 2 aromatic rings. The van der Waals surface area contributed by atoms with Crippen LogP contribution in [0, 0.1) is 11.2 Å². The molecule has 0 aromatic heterocycles. The van der Waals surface area contributed by atoms with Crippen LogP contribution in [-0.2, 0) is 15.0 Å². The minimum atomic E-state index is -1.23. The number of rotatable bonds is 7. The van der Waals surface area contributed by atoms with Gasteiger partial charge in [0.05, 0.1) is 11.1 Å². The highest BCUT2D eigenvalue weighted by molar-refractivity contribution is 6.55. The van der Waals surface area contributed by atoms with Crippen LogP contribution in [-0.4, -0.2) is 39.2 Å². The van der Waals surface area contributed by atoms with Crippen molar-refractivity contribution in [2.45, 2.75) is 76.2 Å². The summed E-state index contributed by atoms with van der Waals surface area (Å²) in [5, 5.41) is 10.0. The average Bonchev–Trinajstić information content (AvgIpc) is 3.27.